The minimum atomic E-state index is -0.429. The van der Waals surface area contributed by atoms with E-state index in [1.807, 2.05) is 0 Å². The van der Waals surface area contributed by atoms with Gasteiger partial charge < -0.3 is 5.32 Å². The van der Waals surface area contributed by atoms with Crippen LogP contribution in [0.1, 0.15) is 21.6 Å². The van der Waals surface area contributed by atoms with Crippen LogP contribution in [-0.4, -0.2) is 10.9 Å². The Morgan fingerprint density at radius 2 is 2.00 bits per heavy atom. The maximum Gasteiger partial charge on any atom is 0.256 e. The highest BCUT2D eigenvalue weighted by Gasteiger charge is 2.12. The second kappa shape index (κ2) is 5.48. The van der Waals surface area contributed by atoms with Gasteiger partial charge in [0.05, 0.1) is 11.4 Å². The van der Waals surface area contributed by atoms with E-state index >= 15 is 0 Å². The Bertz CT molecular complexity index is 643. The molecule has 1 aromatic carbocycles. The van der Waals surface area contributed by atoms with Gasteiger partial charge in [-0.15, -0.1) is 0 Å². The SMILES string of the molecule is Cc1ccc(F)cc1C(=O)Nc1ccc(Br)nc1C. The molecule has 2 rings (SSSR count). The molecule has 0 aliphatic carbocycles. The minimum absolute atomic E-state index is 0.322. The molecular formula is C14H12BrFN2O. The van der Waals surface area contributed by atoms with Crippen molar-refractivity contribution in [1.29, 1.82) is 0 Å². The molecule has 1 heterocycles. The number of hydrogen-bond donors (Lipinski definition) is 1. The van der Waals surface area contributed by atoms with Crippen molar-refractivity contribution in [2.45, 2.75) is 13.8 Å². The maximum absolute atomic E-state index is 13.2. The normalized spacial score (nSPS) is 10.3. The zero-order chi connectivity index (χ0) is 14.0. The van der Waals surface area contributed by atoms with Gasteiger partial charge in [0.1, 0.15) is 10.4 Å². The average Bonchev–Trinajstić information content (AvgIpc) is 2.35. The summed E-state index contributed by atoms with van der Waals surface area (Å²) in [5.41, 5.74) is 2.34. The Labute approximate surface area is 119 Å². The molecule has 1 amide bonds. The molecule has 98 valence electrons. The highest BCUT2D eigenvalue weighted by molar-refractivity contribution is 9.10. The Morgan fingerprint density at radius 1 is 1.26 bits per heavy atom. The van der Waals surface area contributed by atoms with Crippen LogP contribution < -0.4 is 5.32 Å². The number of pyridine rings is 1. The number of anilines is 1. The summed E-state index contributed by atoms with van der Waals surface area (Å²) >= 11 is 3.26. The first-order chi connectivity index (χ1) is 8.97. The minimum Gasteiger partial charge on any atom is -0.320 e. The van der Waals surface area contributed by atoms with Crippen LogP contribution in [0.2, 0.25) is 0 Å². The van der Waals surface area contributed by atoms with Crippen molar-refractivity contribution in [3.63, 3.8) is 0 Å². The molecule has 0 unspecified atom stereocenters. The summed E-state index contributed by atoms with van der Waals surface area (Å²) in [6.45, 7) is 3.56. The van der Waals surface area contributed by atoms with Crippen molar-refractivity contribution in [3.05, 3.63) is 57.6 Å². The smallest absolute Gasteiger partial charge is 0.256 e. The van der Waals surface area contributed by atoms with Gasteiger partial charge >= 0.3 is 0 Å². The van der Waals surface area contributed by atoms with E-state index in [0.29, 0.717) is 21.5 Å². The molecule has 5 heteroatoms. The van der Waals surface area contributed by atoms with Crippen LogP contribution in [-0.2, 0) is 0 Å². The van der Waals surface area contributed by atoms with Gasteiger partial charge in [0.15, 0.2) is 0 Å². The number of aryl methyl sites for hydroxylation is 2. The second-order valence-electron chi connectivity index (χ2n) is 4.18. The summed E-state index contributed by atoms with van der Waals surface area (Å²) in [6, 6.07) is 7.63. The van der Waals surface area contributed by atoms with Crippen LogP contribution in [0.3, 0.4) is 0 Å². The molecule has 0 spiro atoms. The van der Waals surface area contributed by atoms with E-state index in [1.165, 1.54) is 12.1 Å². The van der Waals surface area contributed by atoms with Crippen molar-refractivity contribution in [2.75, 3.05) is 5.32 Å². The summed E-state index contributed by atoms with van der Waals surface area (Å²) in [5.74, 6) is -0.773. The van der Waals surface area contributed by atoms with Crippen molar-refractivity contribution >= 4 is 27.5 Å². The van der Waals surface area contributed by atoms with Gasteiger partial charge in [0, 0.05) is 5.56 Å². The maximum atomic E-state index is 13.2. The van der Waals surface area contributed by atoms with Crippen molar-refractivity contribution < 1.29 is 9.18 Å². The molecule has 0 fully saturated rings. The fourth-order valence-corrected chi connectivity index (χ4v) is 2.09. The van der Waals surface area contributed by atoms with E-state index in [2.05, 4.69) is 26.2 Å². The number of carbonyl (C=O) groups excluding carboxylic acids is 1. The lowest BCUT2D eigenvalue weighted by molar-refractivity contribution is 0.102. The van der Waals surface area contributed by atoms with E-state index in [0.717, 1.165) is 5.56 Å². The van der Waals surface area contributed by atoms with E-state index in [9.17, 15) is 9.18 Å². The fraction of sp³-hybridized carbons (Fsp3) is 0.143. The van der Waals surface area contributed by atoms with Gasteiger partial charge in [-0.25, -0.2) is 9.37 Å². The number of hydrogen-bond acceptors (Lipinski definition) is 2. The van der Waals surface area contributed by atoms with E-state index in [-0.39, 0.29) is 5.91 Å². The van der Waals surface area contributed by atoms with Crippen LogP contribution in [0.25, 0.3) is 0 Å². The number of carbonyl (C=O) groups is 1. The van der Waals surface area contributed by atoms with Crippen LogP contribution in [0.5, 0.6) is 0 Å². The summed E-state index contributed by atoms with van der Waals surface area (Å²) in [5, 5.41) is 2.73. The molecule has 0 bridgehead atoms. The third-order valence-electron chi connectivity index (χ3n) is 2.74. The second-order valence-corrected chi connectivity index (χ2v) is 4.99. The van der Waals surface area contributed by atoms with Gasteiger partial charge in [-0.1, -0.05) is 6.07 Å². The fourth-order valence-electron chi connectivity index (χ4n) is 1.69. The number of nitrogens with zero attached hydrogens (tertiary/aromatic N) is 1. The first kappa shape index (κ1) is 13.7. The van der Waals surface area contributed by atoms with Gasteiger partial charge in [0.25, 0.3) is 5.91 Å². The standard InChI is InChI=1S/C14H12BrFN2O/c1-8-3-4-10(16)7-11(8)14(19)18-12-5-6-13(15)17-9(12)2/h3-7H,1-2H3,(H,18,19). The molecule has 19 heavy (non-hydrogen) atoms. The third kappa shape index (κ3) is 3.17. The van der Waals surface area contributed by atoms with Crippen LogP contribution in [0, 0.1) is 19.7 Å². The van der Waals surface area contributed by atoms with Crippen LogP contribution in [0.4, 0.5) is 10.1 Å². The van der Waals surface area contributed by atoms with Gasteiger partial charge in [0.2, 0.25) is 0 Å². The molecular weight excluding hydrogens is 311 g/mol. The highest BCUT2D eigenvalue weighted by atomic mass is 79.9. The summed E-state index contributed by atoms with van der Waals surface area (Å²) in [4.78, 5) is 16.3. The number of amides is 1. The molecule has 0 saturated heterocycles. The van der Waals surface area contributed by atoms with E-state index in [1.54, 1.807) is 32.0 Å². The van der Waals surface area contributed by atoms with Gasteiger partial charge in [-0.05, 0) is 59.6 Å². The zero-order valence-electron chi connectivity index (χ0n) is 10.5. The van der Waals surface area contributed by atoms with Crippen molar-refractivity contribution in [3.8, 4) is 0 Å². The van der Waals surface area contributed by atoms with Gasteiger partial charge in [-0.2, -0.15) is 0 Å². The first-order valence-corrected chi connectivity index (χ1v) is 6.47. The molecule has 0 aliphatic heterocycles. The van der Waals surface area contributed by atoms with E-state index < -0.39 is 5.82 Å². The molecule has 0 radical (unpaired) electrons. The molecule has 2 aromatic rings. The van der Waals surface area contributed by atoms with Crippen molar-refractivity contribution in [1.82, 2.24) is 4.98 Å². The zero-order valence-corrected chi connectivity index (χ0v) is 12.1. The van der Waals surface area contributed by atoms with Gasteiger partial charge in [-0.3, -0.25) is 4.79 Å². The predicted molar refractivity (Wildman–Crippen MR) is 75.8 cm³/mol. The summed E-state index contributed by atoms with van der Waals surface area (Å²) in [7, 11) is 0. The van der Waals surface area contributed by atoms with E-state index in [4.69, 9.17) is 0 Å². The number of nitrogens with one attached hydrogen (secondary N) is 1. The number of rotatable bonds is 2. The molecule has 1 N–H and O–H groups in total. The van der Waals surface area contributed by atoms with Crippen LogP contribution >= 0.6 is 15.9 Å². The highest BCUT2D eigenvalue weighted by Crippen LogP contribution is 2.18. The quantitative estimate of drug-likeness (QED) is 0.853. The lowest BCUT2D eigenvalue weighted by Crippen LogP contribution is -2.14. The lowest BCUT2D eigenvalue weighted by Gasteiger charge is -2.09. The Morgan fingerprint density at radius 3 is 2.68 bits per heavy atom. The number of halogens is 2. The average molecular weight is 323 g/mol. The summed E-state index contributed by atoms with van der Waals surface area (Å²) in [6.07, 6.45) is 0. The third-order valence-corrected chi connectivity index (χ3v) is 3.19. The summed E-state index contributed by atoms with van der Waals surface area (Å²) < 4.78 is 13.9. The first-order valence-electron chi connectivity index (χ1n) is 5.68. The van der Waals surface area contributed by atoms with Crippen LogP contribution in [0.15, 0.2) is 34.9 Å². The van der Waals surface area contributed by atoms with Crippen molar-refractivity contribution in [2.24, 2.45) is 0 Å². The molecule has 0 aliphatic rings. The number of benzene rings is 1. The Balaban J connectivity index is 2.28. The molecule has 1 aromatic heterocycles. The largest absolute Gasteiger partial charge is 0.320 e. The molecule has 0 saturated carbocycles. The molecule has 0 atom stereocenters. The topological polar surface area (TPSA) is 42.0 Å². The molecule has 3 nitrogen and oxygen atoms in total. The monoisotopic (exact) mass is 322 g/mol. The predicted octanol–water partition coefficient (Wildman–Crippen LogP) is 3.85. The lowest BCUT2D eigenvalue weighted by atomic mass is 10.1. The Hall–Kier alpha value is -1.75. The number of aromatic nitrogens is 1. The Kier molecular flexibility index (Phi) is 3.95.